The molecule has 2 heterocycles. The van der Waals surface area contributed by atoms with Gasteiger partial charge in [0.15, 0.2) is 12.3 Å². The van der Waals surface area contributed by atoms with E-state index in [1.54, 1.807) is 59.5 Å². The number of nitrogens with zero attached hydrogens (tertiary/aromatic N) is 2. The molecule has 0 atom stereocenters. The van der Waals surface area contributed by atoms with Gasteiger partial charge in [-0.15, -0.1) is 0 Å². The molecule has 1 aliphatic heterocycles. The largest absolute Gasteiger partial charge is 0.871 e. The van der Waals surface area contributed by atoms with Crippen molar-refractivity contribution >= 4 is 56.4 Å². The van der Waals surface area contributed by atoms with Crippen LogP contribution in [0.5, 0.6) is 0 Å². The number of hydrogen-bond donors (Lipinski definition) is 0. The van der Waals surface area contributed by atoms with Gasteiger partial charge >= 0.3 is 0 Å². The fourth-order valence-corrected chi connectivity index (χ4v) is 9.20. The molecule has 0 N–H and O–H groups in total. The number of ketones is 1. The van der Waals surface area contributed by atoms with E-state index in [1.165, 1.54) is 0 Å². The van der Waals surface area contributed by atoms with Gasteiger partial charge in [-0.3, -0.25) is 14.4 Å². The van der Waals surface area contributed by atoms with Gasteiger partial charge in [0.05, 0.1) is 21.2 Å². The Bertz CT molecular complexity index is 2820. The van der Waals surface area contributed by atoms with E-state index in [-0.39, 0.29) is 44.0 Å². The predicted octanol–water partition coefficient (Wildman–Crippen LogP) is 5.59. The fraction of sp³-hybridized carbons (Fsp3) is 0.182. The highest BCUT2D eigenvalue weighted by Gasteiger charge is 2.30. The summed E-state index contributed by atoms with van der Waals surface area (Å²) in [7, 11) is 0. The number of aryl methyl sites for hydroxylation is 1. The van der Waals surface area contributed by atoms with Crippen LogP contribution in [0.2, 0.25) is 0 Å². The van der Waals surface area contributed by atoms with Crippen LogP contribution in [0.1, 0.15) is 44.5 Å². The number of thiazole rings is 1. The van der Waals surface area contributed by atoms with Crippen molar-refractivity contribution in [2.24, 2.45) is 0 Å². The Hall–Kier alpha value is -5.31. The first-order valence-electron chi connectivity index (χ1n) is 17.8. The Kier molecular flexibility index (Phi) is 9.11. The molecule has 6 nitrogen and oxygen atoms in total. The summed E-state index contributed by atoms with van der Waals surface area (Å²) in [6, 6.07) is 31.1. The number of aromatic nitrogens is 1. The van der Waals surface area contributed by atoms with Crippen LogP contribution in [0.25, 0.3) is 21.9 Å². The standard InChI is InChI=1S/C44H36N2O4S2/c1-3-5-23-45-33-11-7-9-13-35(33)51-37(45)25-31-41(47)39(42(31)48)29-19-15-27(16-20-29)28-17-21-30(22-18-28)40-43(49)32(44(40)50)26-38-46(24-6-4-2)34-12-8-10-14-36(34)52-38/h7-22,25-26H,3-6,23-24H2,1-2H3. The Balaban J connectivity index is 1.10. The molecule has 258 valence electrons. The van der Waals surface area contributed by atoms with Crippen molar-refractivity contribution in [3.05, 3.63) is 176 Å². The number of rotatable bonds is 8. The Morgan fingerprint density at radius 3 is 2.06 bits per heavy atom. The first-order chi connectivity index (χ1) is 25.4. The van der Waals surface area contributed by atoms with E-state index >= 15 is 0 Å². The summed E-state index contributed by atoms with van der Waals surface area (Å²) < 4.78 is 3.33. The maximum absolute atomic E-state index is 13.3. The number of allylic oxidation sites excluding steroid dienone is 3. The van der Waals surface area contributed by atoms with Crippen LogP contribution in [-0.4, -0.2) is 12.3 Å². The van der Waals surface area contributed by atoms with E-state index in [4.69, 9.17) is 0 Å². The molecule has 0 bridgehead atoms. The van der Waals surface area contributed by atoms with Crippen molar-refractivity contribution in [1.82, 2.24) is 0 Å². The third-order valence-electron chi connectivity index (χ3n) is 9.85. The minimum atomic E-state index is -0.231. The second-order valence-corrected chi connectivity index (χ2v) is 15.3. The summed E-state index contributed by atoms with van der Waals surface area (Å²) in [5.41, 5.74) is 2.20. The van der Waals surface area contributed by atoms with Crippen LogP contribution in [-0.2, 0) is 11.3 Å². The molecule has 0 fully saturated rings. The maximum Gasteiger partial charge on any atom is 0.263 e. The third-order valence-corrected chi connectivity index (χ3v) is 12.1. The van der Waals surface area contributed by atoms with Crippen LogP contribution >= 0.6 is 23.1 Å². The molecule has 0 unspecified atom stereocenters. The molecular formula is C44H36N2O4S2. The number of carbonyl (C=O) groups is 1. The van der Waals surface area contributed by atoms with Gasteiger partial charge in [-0.05, 0) is 51.6 Å². The number of thioether (sulfide) groups is 1. The quantitative estimate of drug-likeness (QED) is 0.191. The lowest BCUT2D eigenvalue weighted by atomic mass is 9.86. The zero-order valence-corrected chi connectivity index (χ0v) is 30.6. The zero-order valence-electron chi connectivity index (χ0n) is 29.0. The van der Waals surface area contributed by atoms with E-state index in [0.717, 1.165) is 80.0 Å². The van der Waals surface area contributed by atoms with Crippen LogP contribution in [0.15, 0.2) is 134 Å². The molecular weight excluding hydrogens is 685 g/mol. The van der Waals surface area contributed by atoms with Gasteiger partial charge < -0.3 is 10.0 Å². The molecule has 8 rings (SSSR count). The summed E-state index contributed by atoms with van der Waals surface area (Å²) >= 11 is 3.19. The smallest absolute Gasteiger partial charge is 0.263 e. The molecule has 0 saturated heterocycles. The van der Waals surface area contributed by atoms with Crippen LogP contribution in [0.3, 0.4) is 0 Å². The number of Topliss-reactive ketones (excluding diaryl/α,β-unsaturated/α-hetero) is 1. The fourth-order valence-electron chi connectivity index (χ4n) is 6.93. The topological polar surface area (TPSA) is 81.4 Å². The van der Waals surface area contributed by atoms with Gasteiger partial charge in [0.25, 0.3) is 5.01 Å². The van der Waals surface area contributed by atoms with Gasteiger partial charge in [-0.25, -0.2) is 0 Å². The first-order valence-corrected chi connectivity index (χ1v) is 19.4. The van der Waals surface area contributed by atoms with Gasteiger partial charge in [-0.2, -0.15) is 4.57 Å². The summed E-state index contributed by atoms with van der Waals surface area (Å²) in [6.45, 7) is 5.96. The highest BCUT2D eigenvalue weighted by Crippen LogP contribution is 2.47. The lowest BCUT2D eigenvalue weighted by molar-refractivity contribution is -0.669. The molecule has 8 heteroatoms. The Morgan fingerprint density at radius 1 is 0.731 bits per heavy atom. The summed E-state index contributed by atoms with van der Waals surface area (Å²) in [5, 5.41) is 18.5. The van der Waals surface area contributed by atoms with Crippen LogP contribution in [0, 0.1) is 20.9 Å². The van der Waals surface area contributed by atoms with E-state index in [1.807, 2.05) is 48.5 Å². The molecule has 0 radical (unpaired) electrons. The normalized spacial score (nSPS) is 14.9. The first kappa shape index (κ1) is 33.8. The second-order valence-electron chi connectivity index (χ2n) is 13.2. The third kappa shape index (κ3) is 5.86. The Morgan fingerprint density at radius 2 is 1.37 bits per heavy atom. The SMILES string of the molecule is CCCCN1C(=CC2=C([O-])C(=c3ccc(=c4ccc(=c5c(=O)c(=Cc6sc7ccccc7[n+]6CCCC)c5=O)cc4)cc3)C2=O)Sc2ccccc21. The molecule has 5 aromatic carbocycles. The van der Waals surface area contributed by atoms with Crippen molar-refractivity contribution < 1.29 is 14.5 Å². The number of hydrogen-bond acceptors (Lipinski definition) is 7. The van der Waals surface area contributed by atoms with Gasteiger partial charge in [0.1, 0.15) is 4.70 Å². The van der Waals surface area contributed by atoms with Gasteiger partial charge in [0, 0.05) is 41.1 Å². The number of para-hydroxylation sites is 2. The minimum absolute atomic E-state index is 0.211. The van der Waals surface area contributed by atoms with Crippen molar-refractivity contribution in [2.75, 3.05) is 11.4 Å². The molecule has 2 aliphatic rings. The molecule has 6 aromatic rings. The Labute approximate surface area is 308 Å². The second kappa shape index (κ2) is 14.0. The average molecular weight is 721 g/mol. The van der Waals surface area contributed by atoms with Gasteiger partial charge in [-0.1, -0.05) is 128 Å². The highest BCUT2D eigenvalue weighted by molar-refractivity contribution is 8.03. The van der Waals surface area contributed by atoms with Crippen molar-refractivity contribution in [1.29, 1.82) is 0 Å². The molecule has 1 aromatic heterocycles. The number of unbranched alkanes of at least 4 members (excludes halogenated alkanes) is 2. The van der Waals surface area contributed by atoms with E-state index < -0.39 is 0 Å². The highest BCUT2D eigenvalue weighted by atomic mass is 32.2. The van der Waals surface area contributed by atoms with Crippen molar-refractivity contribution in [3.63, 3.8) is 0 Å². The van der Waals surface area contributed by atoms with E-state index in [2.05, 4.69) is 47.6 Å². The predicted molar refractivity (Wildman–Crippen MR) is 207 cm³/mol. The van der Waals surface area contributed by atoms with Crippen LogP contribution < -0.4 is 35.9 Å². The zero-order chi connectivity index (χ0) is 35.9. The minimum Gasteiger partial charge on any atom is -0.871 e. The van der Waals surface area contributed by atoms with Crippen LogP contribution in [0.4, 0.5) is 5.69 Å². The lowest BCUT2D eigenvalue weighted by Gasteiger charge is -2.30. The van der Waals surface area contributed by atoms with Crippen molar-refractivity contribution in [3.8, 4) is 0 Å². The summed E-state index contributed by atoms with van der Waals surface area (Å²) in [5.74, 6) is -0.463. The molecule has 0 spiro atoms. The lowest BCUT2D eigenvalue weighted by Crippen LogP contribution is -2.50. The summed E-state index contributed by atoms with van der Waals surface area (Å²) in [4.78, 5) is 43.2. The average Bonchev–Trinajstić information content (AvgIpc) is 3.72. The van der Waals surface area contributed by atoms with E-state index in [9.17, 15) is 19.5 Å². The summed E-state index contributed by atoms with van der Waals surface area (Å²) in [6.07, 6.45) is 7.63. The molecule has 1 aliphatic carbocycles. The molecule has 52 heavy (non-hydrogen) atoms. The number of fused-ring (bicyclic) bond motifs is 2. The number of benzene rings is 4. The van der Waals surface area contributed by atoms with Gasteiger partial charge in [0.2, 0.25) is 16.4 Å². The molecule has 0 saturated carbocycles. The number of carbonyl (C=O) groups excluding carboxylic acids is 1. The monoisotopic (exact) mass is 720 g/mol. The van der Waals surface area contributed by atoms with E-state index in [0.29, 0.717) is 10.4 Å². The number of anilines is 1. The maximum atomic E-state index is 13.3. The van der Waals surface area contributed by atoms with Crippen molar-refractivity contribution in [2.45, 2.75) is 51.0 Å². The molecule has 0 amide bonds.